The maximum absolute atomic E-state index is 13.2. The summed E-state index contributed by atoms with van der Waals surface area (Å²) < 4.78 is 16.9. The van der Waals surface area contributed by atoms with Gasteiger partial charge in [0.25, 0.3) is 11.7 Å². The van der Waals surface area contributed by atoms with Crippen molar-refractivity contribution < 1.29 is 28.9 Å². The first-order valence-corrected chi connectivity index (χ1v) is 11.1. The van der Waals surface area contributed by atoms with E-state index in [0.717, 1.165) is 11.3 Å². The van der Waals surface area contributed by atoms with Gasteiger partial charge in [0.2, 0.25) is 0 Å². The van der Waals surface area contributed by atoms with Crippen molar-refractivity contribution in [1.29, 1.82) is 0 Å². The number of ether oxygens (including phenoxy) is 3. The standard InChI is InChI=1S/C26H29NO6/c1-15(2)32-12-11-27-23(19-7-5-6-8-21(19)31-4)22(25(29)26(27)30)24(28)17-9-10-20-18(14-17)13-16(3)33-20/h5-10,14-16,23,28H,11-13H2,1-4H3/b24-22+. The van der Waals surface area contributed by atoms with Gasteiger partial charge in [0.15, 0.2) is 0 Å². The minimum absolute atomic E-state index is 0.0115. The second-order valence-corrected chi connectivity index (χ2v) is 8.61. The highest BCUT2D eigenvalue weighted by atomic mass is 16.5. The number of carbonyl (C=O) groups excluding carboxylic acids is 2. The lowest BCUT2D eigenvalue weighted by Crippen LogP contribution is -2.33. The number of Topliss-reactive ketones (excluding diaryl/α,β-unsaturated/α-hetero) is 1. The van der Waals surface area contributed by atoms with Gasteiger partial charge in [-0.2, -0.15) is 0 Å². The van der Waals surface area contributed by atoms with E-state index in [2.05, 4.69) is 0 Å². The zero-order chi connectivity index (χ0) is 23.7. The molecule has 1 fully saturated rings. The van der Waals surface area contributed by atoms with Gasteiger partial charge in [-0.3, -0.25) is 9.59 Å². The lowest BCUT2D eigenvalue weighted by molar-refractivity contribution is -0.140. The molecule has 1 N–H and O–H groups in total. The third-order valence-corrected chi connectivity index (χ3v) is 5.93. The molecule has 174 valence electrons. The number of aliphatic hydroxyl groups excluding tert-OH is 1. The largest absolute Gasteiger partial charge is 0.507 e. The third-order valence-electron chi connectivity index (χ3n) is 5.93. The Bertz CT molecular complexity index is 1110. The molecular weight excluding hydrogens is 422 g/mol. The average Bonchev–Trinajstić information content (AvgIpc) is 3.29. The summed E-state index contributed by atoms with van der Waals surface area (Å²) in [6.07, 6.45) is 0.757. The first kappa shape index (κ1) is 22.9. The van der Waals surface area contributed by atoms with Crippen LogP contribution in [0.5, 0.6) is 11.5 Å². The monoisotopic (exact) mass is 451 g/mol. The van der Waals surface area contributed by atoms with E-state index in [1.165, 1.54) is 12.0 Å². The Hall–Kier alpha value is -3.32. The smallest absolute Gasteiger partial charge is 0.295 e. The number of likely N-dealkylation sites (tertiary alicyclic amines) is 1. The fourth-order valence-corrected chi connectivity index (χ4v) is 4.44. The number of fused-ring (bicyclic) bond motifs is 1. The van der Waals surface area contributed by atoms with Crippen molar-refractivity contribution in [2.24, 2.45) is 0 Å². The maximum Gasteiger partial charge on any atom is 0.295 e. The zero-order valence-electron chi connectivity index (χ0n) is 19.3. The molecular formula is C26H29NO6. The SMILES string of the molecule is COc1ccccc1C1/C(=C(\O)c2ccc3c(c2)CC(C)O3)C(=O)C(=O)N1CCOC(C)C. The first-order valence-electron chi connectivity index (χ1n) is 11.1. The minimum Gasteiger partial charge on any atom is -0.507 e. The summed E-state index contributed by atoms with van der Waals surface area (Å²) in [4.78, 5) is 27.7. The predicted octanol–water partition coefficient (Wildman–Crippen LogP) is 3.87. The molecule has 4 rings (SSSR count). The van der Waals surface area contributed by atoms with Crippen LogP contribution in [0.3, 0.4) is 0 Å². The molecule has 2 heterocycles. The number of aliphatic hydroxyl groups is 1. The van der Waals surface area contributed by atoms with Crippen molar-refractivity contribution in [3.8, 4) is 11.5 Å². The second kappa shape index (κ2) is 9.27. The van der Waals surface area contributed by atoms with E-state index < -0.39 is 17.7 Å². The van der Waals surface area contributed by atoms with Gasteiger partial charge in [-0.1, -0.05) is 18.2 Å². The molecule has 0 aliphatic carbocycles. The van der Waals surface area contributed by atoms with Crippen molar-refractivity contribution >= 4 is 17.4 Å². The average molecular weight is 452 g/mol. The Morgan fingerprint density at radius 3 is 2.70 bits per heavy atom. The number of hydrogen-bond donors (Lipinski definition) is 1. The molecule has 2 aliphatic heterocycles. The van der Waals surface area contributed by atoms with E-state index in [9.17, 15) is 14.7 Å². The number of methoxy groups -OCH3 is 1. The quantitative estimate of drug-likeness (QED) is 0.391. The van der Waals surface area contributed by atoms with Gasteiger partial charge in [-0.05, 0) is 50.6 Å². The lowest BCUT2D eigenvalue weighted by atomic mass is 9.94. The van der Waals surface area contributed by atoms with Crippen LogP contribution in [0.2, 0.25) is 0 Å². The number of ketones is 1. The Morgan fingerprint density at radius 1 is 1.21 bits per heavy atom. The van der Waals surface area contributed by atoms with Gasteiger partial charge in [0.05, 0.1) is 31.4 Å². The van der Waals surface area contributed by atoms with Gasteiger partial charge in [0, 0.05) is 24.1 Å². The zero-order valence-corrected chi connectivity index (χ0v) is 19.3. The summed E-state index contributed by atoms with van der Waals surface area (Å²) >= 11 is 0. The van der Waals surface area contributed by atoms with Crippen LogP contribution in [0.25, 0.3) is 5.76 Å². The number of benzene rings is 2. The summed E-state index contributed by atoms with van der Waals surface area (Å²) in [6, 6.07) is 11.7. The molecule has 2 unspecified atom stereocenters. The molecule has 33 heavy (non-hydrogen) atoms. The van der Waals surface area contributed by atoms with Crippen molar-refractivity contribution in [1.82, 2.24) is 4.90 Å². The van der Waals surface area contributed by atoms with Crippen molar-refractivity contribution in [2.75, 3.05) is 20.3 Å². The van der Waals surface area contributed by atoms with Gasteiger partial charge < -0.3 is 24.2 Å². The van der Waals surface area contributed by atoms with Crippen molar-refractivity contribution in [3.05, 3.63) is 64.7 Å². The topological polar surface area (TPSA) is 85.3 Å². The highest BCUT2D eigenvalue weighted by Crippen LogP contribution is 2.43. The third kappa shape index (κ3) is 4.33. The van der Waals surface area contributed by atoms with Crippen LogP contribution in [-0.4, -0.2) is 54.2 Å². The summed E-state index contributed by atoms with van der Waals surface area (Å²) in [5.41, 5.74) is 2.10. The summed E-state index contributed by atoms with van der Waals surface area (Å²) in [6.45, 7) is 6.27. The number of nitrogens with zero attached hydrogens (tertiary/aromatic N) is 1. The summed E-state index contributed by atoms with van der Waals surface area (Å²) in [7, 11) is 1.54. The van der Waals surface area contributed by atoms with E-state index in [1.54, 1.807) is 24.3 Å². The van der Waals surface area contributed by atoms with Crippen LogP contribution >= 0.6 is 0 Å². The normalized spacial score (nSPS) is 21.4. The van der Waals surface area contributed by atoms with Crippen LogP contribution in [0.1, 0.15) is 43.5 Å². The molecule has 1 amide bonds. The van der Waals surface area contributed by atoms with Gasteiger partial charge in [0.1, 0.15) is 23.4 Å². The molecule has 0 radical (unpaired) electrons. The highest BCUT2D eigenvalue weighted by molar-refractivity contribution is 6.46. The Morgan fingerprint density at radius 2 is 1.97 bits per heavy atom. The molecule has 7 nitrogen and oxygen atoms in total. The van der Waals surface area contributed by atoms with Crippen LogP contribution in [-0.2, 0) is 20.7 Å². The van der Waals surface area contributed by atoms with E-state index in [1.807, 2.05) is 39.0 Å². The molecule has 2 aromatic carbocycles. The summed E-state index contributed by atoms with van der Waals surface area (Å²) in [5.74, 6) is -0.303. The Balaban J connectivity index is 1.81. The van der Waals surface area contributed by atoms with Gasteiger partial charge in [-0.15, -0.1) is 0 Å². The van der Waals surface area contributed by atoms with Crippen LogP contribution < -0.4 is 9.47 Å². The highest BCUT2D eigenvalue weighted by Gasteiger charge is 2.47. The Labute approximate surface area is 193 Å². The van der Waals surface area contributed by atoms with Crippen LogP contribution in [0.15, 0.2) is 48.0 Å². The van der Waals surface area contributed by atoms with E-state index in [4.69, 9.17) is 14.2 Å². The maximum atomic E-state index is 13.2. The fraction of sp³-hybridized carbons (Fsp3) is 0.385. The summed E-state index contributed by atoms with van der Waals surface area (Å²) in [5, 5.41) is 11.3. The molecule has 1 saturated heterocycles. The second-order valence-electron chi connectivity index (χ2n) is 8.61. The van der Waals surface area contributed by atoms with Crippen molar-refractivity contribution in [2.45, 2.75) is 45.4 Å². The first-order chi connectivity index (χ1) is 15.8. The molecule has 0 bridgehead atoms. The number of amides is 1. The molecule has 0 saturated carbocycles. The number of carbonyl (C=O) groups is 2. The van der Waals surface area contributed by atoms with Gasteiger partial charge in [-0.25, -0.2) is 0 Å². The molecule has 7 heteroatoms. The molecule has 0 spiro atoms. The van der Waals surface area contributed by atoms with E-state index in [0.29, 0.717) is 23.3 Å². The number of rotatable bonds is 7. The van der Waals surface area contributed by atoms with Crippen molar-refractivity contribution in [3.63, 3.8) is 0 Å². The Kier molecular flexibility index (Phi) is 6.42. The van der Waals surface area contributed by atoms with Crippen LogP contribution in [0, 0.1) is 0 Å². The predicted molar refractivity (Wildman–Crippen MR) is 123 cm³/mol. The molecule has 2 aromatic rings. The van der Waals surface area contributed by atoms with Crippen LogP contribution in [0.4, 0.5) is 0 Å². The fourth-order valence-electron chi connectivity index (χ4n) is 4.44. The molecule has 0 aromatic heterocycles. The number of hydrogen-bond acceptors (Lipinski definition) is 6. The van der Waals surface area contributed by atoms with E-state index >= 15 is 0 Å². The lowest BCUT2D eigenvalue weighted by Gasteiger charge is -2.26. The number of para-hydroxylation sites is 1. The van der Waals surface area contributed by atoms with Gasteiger partial charge >= 0.3 is 0 Å². The molecule has 2 aliphatic rings. The van der Waals surface area contributed by atoms with E-state index in [-0.39, 0.29) is 36.7 Å². The molecule has 2 atom stereocenters. The minimum atomic E-state index is -0.791.